The normalized spacial score (nSPS) is 16.7. The summed E-state index contributed by atoms with van der Waals surface area (Å²) in [7, 11) is 1.91. The molecule has 2 aromatic carbocycles. The van der Waals surface area contributed by atoms with Gasteiger partial charge in [0.1, 0.15) is 0 Å². The standard InChI is InChI=1S/C20H20Cl2N2O2/c1-23-11-13-8-9-24(12-13)20(26)16-5-3-2-4-15(16)19(25)14-6-7-17(21)18(22)10-14/h2-7,10,13,23H,8-9,11-12H2,1H3/t13-/m1/s1. The molecule has 3 rings (SSSR count). The first-order valence-electron chi connectivity index (χ1n) is 8.54. The quantitative estimate of drug-likeness (QED) is 0.787. The molecule has 26 heavy (non-hydrogen) atoms. The van der Waals surface area contributed by atoms with Crippen molar-refractivity contribution in [3.05, 3.63) is 69.2 Å². The molecule has 136 valence electrons. The zero-order valence-electron chi connectivity index (χ0n) is 14.5. The van der Waals surface area contributed by atoms with Gasteiger partial charge in [-0.15, -0.1) is 0 Å². The number of ketones is 1. The molecule has 1 saturated heterocycles. The minimum absolute atomic E-state index is 0.104. The maximum atomic E-state index is 13.0. The third kappa shape index (κ3) is 3.93. The largest absolute Gasteiger partial charge is 0.338 e. The predicted molar refractivity (Wildman–Crippen MR) is 104 cm³/mol. The first-order valence-corrected chi connectivity index (χ1v) is 9.29. The summed E-state index contributed by atoms with van der Waals surface area (Å²) in [4.78, 5) is 27.7. The number of benzene rings is 2. The summed E-state index contributed by atoms with van der Waals surface area (Å²) in [5.41, 5.74) is 1.22. The van der Waals surface area contributed by atoms with Crippen LogP contribution in [-0.4, -0.2) is 43.3 Å². The first kappa shape index (κ1) is 18.9. The molecule has 4 nitrogen and oxygen atoms in total. The van der Waals surface area contributed by atoms with Gasteiger partial charge < -0.3 is 10.2 Å². The van der Waals surface area contributed by atoms with Crippen molar-refractivity contribution < 1.29 is 9.59 Å². The van der Waals surface area contributed by atoms with E-state index in [-0.39, 0.29) is 11.7 Å². The van der Waals surface area contributed by atoms with E-state index in [1.807, 2.05) is 11.9 Å². The third-order valence-electron chi connectivity index (χ3n) is 4.65. The number of hydrogen-bond donors (Lipinski definition) is 1. The lowest BCUT2D eigenvalue weighted by Gasteiger charge is -2.18. The Labute approximate surface area is 163 Å². The van der Waals surface area contributed by atoms with Crippen LogP contribution in [0, 0.1) is 5.92 Å². The highest BCUT2D eigenvalue weighted by atomic mass is 35.5. The fraction of sp³-hybridized carbons (Fsp3) is 0.300. The zero-order chi connectivity index (χ0) is 18.7. The Morgan fingerprint density at radius 3 is 2.54 bits per heavy atom. The van der Waals surface area contributed by atoms with Crippen LogP contribution in [0.1, 0.15) is 32.7 Å². The highest BCUT2D eigenvalue weighted by molar-refractivity contribution is 6.42. The van der Waals surface area contributed by atoms with Crippen molar-refractivity contribution in [3.8, 4) is 0 Å². The van der Waals surface area contributed by atoms with Crippen LogP contribution < -0.4 is 5.32 Å². The fourth-order valence-electron chi connectivity index (χ4n) is 3.30. The Kier molecular flexibility index (Phi) is 5.97. The van der Waals surface area contributed by atoms with E-state index in [4.69, 9.17) is 23.2 Å². The average molecular weight is 391 g/mol. The molecule has 2 aromatic rings. The van der Waals surface area contributed by atoms with Crippen LogP contribution in [0.4, 0.5) is 0 Å². The van der Waals surface area contributed by atoms with Gasteiger partial charge in [0.25, 0.3) is 5.91 Å². The van der Waals surface area contributed by atoms with Gasteiger partial charge in [0, 0.05) is 24.2 Å². The zero-order valence-corrected chi connectivity index (χ0v) is 16.0. The van der Waals surface area contributed by atoms with E-state index in [2.05, 4.69) is 5.32 Å². The van der Waals surface area contributed by atoms with Gasteiger partial charge in [0.05, 0.1) is 15.6 Å². The summed E-state index contributed by atoms with van der Waals surface area (Å²) in [5, 5.41) is 3.86. The first-order chi connectivity index (χ1) is 12.5. The molecule has 6 heteroatoms. The molecule has 1 aliphatic heterocycles. The lowest BCUT2D eigenvalue weighted by atomic mass is 9.97. The number of likely N-dealkylation sites (tertiary alicyclic amines) is 1. The summed E-state index contributed by atoms with van der Waals surface area (Å²) in [6.45, 7) is 2.29. The van der Waals surface area contributed by atoms with Crippen molar-refractivity contribution in [2.75, 3.05) is 26.7 Å². The van der Waals surface area contributed by atoms with E-state index in [0.29, 0.717) is 45.7 Å². The molecule has 0 aliphatic carbocycles. The van der Waals surface area contributed by atoms with Crippen molar-refractivity contribution >= 4 is 34.9 Å². The molecular formula is C20H20Cl2N2O2. The number of halogens is 2. The van der Waals surface area contributed by atoms with E-state index in [9.17, 15) is 9.59 Å². The van der Waals surface area contributed by atoms with E-state index in [1.165, 1.54) is 6.07 Å². The number of carbonyl (C=O) groups is 2. The Morgan fingerprint density at radius 1 is 1.12 bits per heavy atom. The van der Waals surface area contributed by atoms with Crippen LogP contribution >= 0.6 is 23.2 Å². The van der Waals surface area contributed by atoms with E-state index in [0.717, 1.165) is 13.0 Å². The van der Waals surface area contributed by atoms with Gasteiger partial charge in [-0.1, -0.05) is 41.4 Å². The van der Waals surface area contributed by atoms with Crippen LogP contribution in [0.3, 0.4) is 0 Å². The van der Waals surface area contributed by atoms with Gasteiger partial charge in [-0.2, -0.15) is 0 Å². The lowest BCUT2D eigenvalue weighted by Crippen LogP contribution is -2.31. The van der Waals surface area contributed by atoms with Crippen LogP contribution in [0.25, 0.3) is 0 Å². The number of hydrogen-bond acceptors (Lipinski definition) is 3. The lowest BCUT2D eigenvalue weighted by molar-refractivity contribution is 0.0782. The van der Waals surface area contributed by atoms with Crippen LogP contribution in [0.15, 0.2) is 42.5 Å². The molecule has 0 aromatic heterocycles. The third-order valence-corrected chi connectivity index (χ3v) is 5.39. The molecule has 0 spiro atoms. The Morgan fingerprint density at radius 2 is 1.85 bits per heavy atom. The molecule has 1 heterocycles. The molecule has 0 unspecified atom stereocenters. The summed E-state index contributed by atoms with van der Waals surface area (Å²) in [6.07, 6.45) is 0.968. The monoisotopic (exact) mass is 390 g/mol. The van der Waals surface area contributed by atoms with Crippen LogP contribution in [0.2, 0.25) is 10.0 Å². The summed E-state index contributed by atoms with van der Waals surface area (Å²) in [6, 6.07) is 11.7. The molecule has 1 amide bonds. The summed E-state index contributed by atoms with van der Waals surface area (Å²) in [5.74, 6) is 0.105. The van der Waals surface area contributed by atoms with Gasteiger partial charge in [-0.25, -0.2) is 0 Å². The Bertz CT molecular complexity index is 838. The van der Waals surface area contributed by atoms with E-state index >= 15 is 0 Å². The fourth-order valence-corrected chi connectivity index (χ4v) is 3.60. The summed E-state index contributed by atoms with van der Waals surface area (Å²) >= 11 is 12.0. The maximum absolute atomic E-state index is 13.0. The van der Waals surface area contributed by atoms with Crippen molar-refractivity contribution in [2.45, 2.75) is 6.42 Å². The topological polar surface area (TPSA) is 49.4 Å². The highest BCUT2D eigenvalue weighted by Gasteiger charge is 2.28. The highest BCUT2D eigenvalue weighted by Crippen LogP contribution is 2.26. The molecule has 1 atom stereocenters. The number of nitrogens with one attached hydrogen (secondary N) is 1. The second-order valence-corrected chi connectivity index (χ2v) is 7.28. The molecule has 0 saturated carbocycles. The van der Waals surface area contributed by atoms with Gasteiger partial charge >= 0.3 is 0 Å². The molecule has 0 bridgehead atoms. The summed E-state index contributed by atoms with van der Waals surface area (Å²) < 4.78 is 0. The second-order valence-electron chi connectivity index (χ2n) is 6.47. The van der Waals surface area contributed by atoms with E-state index in [1.54, 1.807) is 36.4 Å². The number of nitrogens with zero attached hydrogens (tertiary/aromatic N) is 1. The Balaban J connectivity index is 1.87. The minimum atomic E-state index is -0.238. The van der Waals surface area contributed by atoms with Crippen LogP contribution in [0.5, 0.6) is 0 Å². The minimum Gasteiger partial charge on any atom is -0.338 e. The Hall–Kier alpha value is -1.88. The number of rotatable bonds is 5. The van der Waals surface area contributed by atoms with Gasteiger partial charge in [0.15, 0.2) is 5.78 Å². The van der Waals surface area contributed by atoms with Crippen molar-refractivity contribution in [3.63, 3.8) is 0 Å². The molecule has 1 fully saturated rings. The molecule has 1 aliphatic rings. The van der Waals surface area contributed by atoms with Crippen molar-refractivity contribution in [1.29, 1.82) is 0 Å². The van der Waals surface area contributed by atoms with Crippen molar-refractivity contribution in [2.24, 2.45) is 5.92 Å². The number of carbonyl (C=O) groups excluding carboxylic acids is 2. The van der Waals surface area contributed by atoms with Gasteiger partial charge in [-0.3, -0.25) is 9.59 Å². The average Bonchev–Trinajstić information content (AvgIpc) is 3.12. The molecule has 0 radical (unpaired) electrons. The van der Waals surface area contributed by atoms with Gasteiger partial charge in [0.2, 0.25) is 0 Å². The smallest absolute Gasteiger partial charge is 0.254 e. The van der Waals surface area contributed by atoms with Gasteiger partial charge in [-0.05, 0) is 50.2 Å². The second kappa shape index (κ2) is 8.21. The predicted octanol–water partition coefficient (Wildman–Crippen LogP) is 3.91. The maximum Gasteiger partial charge on any atom is 0.254 e. The van der Waals surface area contributed by atoms with Crippen LogP contribution in [-0.2, 0) is 0 Å². The van der Waals surface area contributed by atoms with Crippen molar-refractivity contribution in [1.82, 2.24) is 10.2 Å². The SMILES string of the molecule is CNC[C@H]1CCN(C(=O)c2ccccc2C(=O)c2ccc(Cl)c(Cl)c2)C1. The molecular weight excluding hydrogens is 371 g/mol. The molecule has 1 N–H and O–H groups in total. The van der Waals surface area contributed by atoms with E-state index < -0.39 is 0 Å². The number of amides is 1.